The third kappa shape index (κ3) is 14.2. The Kier molecular flexibility index (Phi) is 17.6. The Morgan fingerprint density at radius 2 is 1.25 bits per heavy atom. The molecule has 0 bridgehead atoms. The zero-order valence-electron chi connectivity index (χ0n) is 31.1. The molecule has 278 valence electrons. The lowest BCUT2D eigenvalue weighted by Gasteiger charge is -2.09. The molecule has 0 aliphatic rings. The van der Waals surface area contributed by atoms with E-state index in [4.69, 9.17) is 9.26 Å². The first-order valence-electron chi connectivity index (χ1n) is 18.6. The SMILES string of the molecule is CCCCC/C=C\C/C=C\C/C=C\C/C=C\CCCC(=O)Nc1ccc(NC(=O)Cc2onc(-c3ccc(CO)cc3)c2-c2ccc(OC)cc2)cc1. The minimum Gasteiger partial charge on any atom is -0.497 e. The van der Waals surface area contributed by atoms with Crippen molar-refractivity contribution in [2.45, 2.75) is 84.2 Å². The van der Waals surface area contributed by atoms with Gasteiger partial charge in [0.05, 0.1) is 25.7 Å². The van der Waals surface area contributed by atoms with Crippen LogP contribution in [0.15, 0.2) is 126 Å². The summed E-state index contributed by atoms with van der Waals surface area (Å²) in [6.07, 6.45) is 27.5. The van der Waals surface area contributed by atoms with Crippen LogP contribution in [-0.2, 0) is 22.6 Å². The van der Waals surface area contributed by atoms with Gasteiger partial charge >= 0.3 is 0 Å². The second-order valence-corrected chi connectivity index (χ2v) is 12.7. The van der Waals surface area contributed by atoms with E-state index in [2.05, 4.69) is 71.3 Å². The minimum atomic E-state index is -0.272. The topological polar surface area (TPSA) is 114 Å². The first-order valence-corrected chi connectivity index (χ1v) is 18.6. The van der Waals surface area contributed by atoms with Crippen molar-refractivity contribution in [3.05, 3.63) is 133 Å². The van der Waals surface area contributed by atoms with Crippen molar-refractivity contribution in [3.63, 3.8) is 0 Å². The molecule has 0 unspecified atom stereocenters. The molecule has 0 aliphatic heterocycles. The zero-order valence-corrected chi connectivity index (χ0v) is 31.1. The molecule has 0 atom stereocenters. The fourth-order valence-corrected chi connectivity index (χ4v) is 5.62. The number of aromatic nitrogens is 1. The number of carbonyl (C=O) groups is 2. The summed E-state index contributed by atoms with van der Waals surface area (Å²) >= 11 is 0. The van der Waals surface area contributed by atoms with Crippen molar-refractivity contribution in [3.8, 4) is 28.1 Å². The van der Waals surface area contributed by atoms with Crippen molar-refractivity contribution >= 4 is 23.2 Å². The van der Waals surface area contributed by atoms with Gasteiger partial charge in [-0.25, -0.2) is 0 Å². The second-order valence-electron chi connectivity index (χ2n) is 12.7. The molecule has 1 aromatic heterocycles. The van der Waals surface area contributed by atoms with Crippen LogP contribution in [0.25, 0.3) is 22.4 Å². The third-order valence-corrected chi connectivity index (χ3v) is 8.56. The number of ether oxygens (including phenoxy) is 1. The van der Waals surface area contributed by atoms with Gasteiger partial charge in [0.15, 0.2) is 5.76 Å². The number of methoxy groups -OCH3 is 1. The number of allylic oxidation sites excluding steroid dienone is 8. The summed E-state index contributed by atoms with van der Waals surface area (Å²) < 4.78 is 11.1. The summed E-state index contributed by atoms with van der Waals surface area (Å²) in [7, 11) is 1.61. The van der Waals surface area contributed by atoms with Gasteiger partial charge in [-0.05, 0) is 92.5 Å². The monoisotopic (exact) mass is 715 g/mol. The molecule has 53 heavy (non-hydrogen) atoms. The van der Waals surface area contributed by atoms with E-state index in [9.17, 15) is 14.7 Å². The quantitative estimate of drug-likeness (QED) is 0.0551. The molecule has 3 aromatic carbocycles. The van der Waals surface area contributed by atoms with Crippen LogP contribution in [-0.4, -0.2) is 29.2 Å². The van der Waals surface area contributed by atoms with Crippen molar-refractivity contribution in [1.29, 1.82) is 0 Å². The average molecular weight is 716 g/mol. The highest BCUT2D eigenvalue weighted by molar-refractivity contribution is 5.95. The number of rotatable bonds is 22. The lowest BCUT2D eigenvalue weighted by Crippen LogP contribution is -2.15. The zero-order chi connectivity index (χ0) is 37.5. The smallest absolute Gasteiger partial charge is 0.232 e. The Bertz CT molecular complexity index is 1800. The van der Waals surface area contributed by atoms with Gasteiger partial charge in [0, 0.05) is 23.4 Å². The van der Waals surface area contributed by atoms with Gasteiger partial charge in [0.25, 0.3) is 0 Å². The maximum Gasteiger partial charge on any atom is 0.232 e. The van der Waals surface area contributed by atoms with Gasteiger partial charge in [-0.1, -0.05) is 110 Å². The van der Waals surface area contributed by atoms with Gasteiger partial charge in [0.2, 0.25) is 11.8 Å². The Morgan fingerprint density at radius 1 is 0.698 bits per heavy atom. The highest BCUT2D eigenvalue weighted by Gasteiger charge is 2.22. The van der Waals surface area contributed by atoms with Gasteiger partial charge in [-0.15, -0.1) is 0 Å². The summed E-state index contributed by atoms with van der Waals surface area (Å²) in [5.41, 5.74) is 4.99. The van der Waals surface area contributed by atoms with E-state index < -0.39 is 0 Å². The van der Waals surface area contributed by atoms with Crippen molar-refractivity contribution in [2.24, 2.45) is 0 Å². The minimum absolute atomic E-state index is 0.0407. The van der Waals surface area contributed by atoms with Crippen LogP contribution in [0.2, 0.25) is 0 Å². The first kappa shape index (κ1) is 40.3. The number of hydrogen-bond donors (Lipinski definition) is 3. The molecule has 8 nitrogen and oxygen atoms in total. The molecule has 3 N–H and O–H groups in total. The van der Waals surface area contributed by atoms with Crippen molar-refractivity contribution in [1.82, 2.24) is 5.16 Å². The maximum atomic E-state index is 13.2. The van der Waals surface area contributed by atoms with E-state index in [1.54, 1.807) is 31.4 Å². The number of carbonyl (C=O) groups excluding carboxylic acids is 2. The lowest BCUT2D eigenvalue weighted by molar-refractivity contribution is -0.117. The highest BCUT2D eigenvalue weighted by atomic mass is 16.5. The number of aliphatic hydroxyl groups excluding tert-OH is 1. The van der Waals surface area contributed by atoms with Gasteiger partial charge < -0.3 is 25.0 Å². The molecule has 0 saturated heterocycles. The van der Waals surface area contributed by atoms with E-state index in [0.29, 0.717) is 40.6 Å². The number of unbranched alkanes of at least 4 members (excludes halogenated alkanes) is 4. The van der Waals surface area contributed by atoms with Crippen LogP contribution in [0.3, 0.4) is 0 Å². The molecule has 0 aliphatic carbocycles. The summed E-state index contributed by atoms with van der Waals surface area (Å²) in [6, 6.07) is 21.9. The number of hydrogen-bond acceptors (Lipinski definition) is 6. The van der Waals surface area contributed by atoms with E-state index in [1.165, 1.54) is 25.7 Å². The fourth-order valence-electron chi connectivity index (χ4n) is 5.62. The van der Waals surface area contributed by atoms with Crippen molar-refractivity contribution in [2.75, 3.05) is 17.7 Å². The van der Waals surface area contributed by atoms with E-state index in [-0.39, 0.29) is 24.8 Å². The fraction of sp³-hybridized carbons (Fsp3) is 0.311. The van der Waals surface area contributed by atoms with Gasteiger partial charge in [-0.3, -0.25) is 9.59 Å². The number of aliphatic hydroxyl groups is 1. The molecule has 8 heteroatoms. The van der Waals surface area contributed by atoms with Crippen LogP contribution in [0.1, 0.15) is 82.5 Å². The summed E-state index contributed by atoms with van der Waals surface area (Å²) in [4.78, 5) is 25.7. The number of nitrogens with zero attached hydrogens (tertiary/aromatic N) is 1. The van der Waals surface area contributed by atoms with Gasteiger partial charge in [-0.2, -0.15) is 0 Å². The Morgan fingerprint density at radius 3 is 1.81 bits per heavy atom. The molecular formula is C45H53N3O5. The van der Waals surface area contributed by atoms with Crippen molar-refractivity contribution < 1.29 is 24.0 Å². The Hall–Kier alpha value is -5.47. The highest BCUT2D eigenvalue weighted by Crippen LogP contribution is 2.36. The molecule has 2 amide bonds. The molecular weight excluding hydrogens is 663 g/mol. The molecule has 0 radical (unpaired) electrons. The van der Waals surface area contributed by atoms with E-state index >= 15 is 0 Å². The molecule has 0 spiro atoms. The second kappa shape index (κ2) is 23.2. The molecule has 4 aromatic rings. The normalized spacial score (nSPS) is 11.7. The predicted octanol–water partition coefficient (Wildman–Crippen LogP) is 10.8. The summed E-state index contributed by atoms with van der Waals surface area (Å²) in [5.74, 6) is 0.812. The lowest BCUT2D eigenvalue weighted by atomic mass is 9.97. The Labute approximate surface area is 314 Å². The number of amides is 2. The first-order chi connectivity index (χ1) is 26.0. The molecule has 1 heterocycles. The summed E-state index contributed by atoms with van der Waals surface area (Å²) in [5, 5.41) is 19.6. The summed E-state index contributed by atoms with van der Waals surface area (Å²) in [6.45, 7) is 2.17. The maximum absolute atomic E-state index is 13.2. The number of nitrogens with one attached hydrogen (secondary N) is 2. The van der Waals surface area contributed by atoms with Crippen LogP contribution >= 0.6 is 0 Å². The third-order valence-electron chi connectivity index (χ3n) is 8.56. The van der Waals surface area contributed by atoms with Crippen LogP contribution in [0, 0.1) is 0 Å². The number of anilines is 2. The Balaban J connectivity index is 1.19. The standard InChI is InChI=1S/C45H53N3O5/c1-3-4-5-6-7-8-9-10-11-12-13-14-15-16-17-18-19-20-42(50)46-38-27-29-39(30-28-38)47-43(51)33-41-44(36-25-31-40(52-2)32-26-36)45(48-53-41)37-23-21-35(34-49)22-24-37/h7-8,10-11,13-14,16-17,21-32,49H,3-6,9,12,15,18-20,33-34H2,1-2H3,(H,46,50)(H,47,51)/b8-7-,11-10-,14-13-,17-16-. The van der Waals surface area contributed by atoms with E-state index in [0.717, 1.165) is 48.8 Å². The average Bonchev–Trinajstić information content (AvgIpc) is 3.59. The number of benzene rings is 3. The van der Waals surface area contributed by atoms with Crippen LogP contribution in [0.5, 0.6) is 5.75 Å². The molecule has 4 rings (SSSR count). The van der Waals surface area contributed by atoms with Crippen LogP contribution < -0.4 is 15.4 Å². The van der Waals surface area contributed by atoms with Gasteiger partial charge in [0.1, 0.15) is 11.4 Å². The van der Waals surface area contributed by atoms with E-state index in [1.807, 2.05) is 48.5 Å². The molecule has 0 saturated carbocycles. The molecule has 0 fully saturated rings. The predicted molar refractivity (Wildman–Crippen MR) is 216 cm³/mol. The largest absolute Gasteiger partial charge is 0.497 e. The van der Waals surface area contributed by atoms with Crippen LogP contribution in [0.4, 0.5) is 11.4 Å².